The van der Waals surface area contributed by atoms with E-state index in [9.17, 15) is 0 Å². The number of aryl methyl sites for hydroxylation is 1. The van der Waals surface area contributed by atoms with Crippen molar-refractivity contribution in [1.82, 2.24) is 19.9 Å². The molecule has 0 unspecified atom stereocenters. The van der Waals surface area contributed by atoms with Crippen LogP contribution in [0, 0.1) is 6.92 Å². The highest BCUT2D eigenvalue weighted by Gasteiger charge is 2.07. The molecule has 17 heavy (non-hydrogen) atoms. The lowest BCUT2D eigenvalue weighted by Crippen LogP contribution is -1.93. The Labute approximate surface area is 97.7 Å². The van der Waals surface area contributed by atoms with Crippen LogP contribution in [0.25, 0.3) is 17.0 Å². The van der Waals surface area contributed by atoms with Crippen molar-refractivity contribution < 1.29 is 4.52 Å². The molecule has 3 aromatic rings. The molecular formula is C12H10N4O. The van der Waals surface area contributed by atoms with Gasteiger partial charge >= 0.3 is 0 Å². The molecule has 3 heterocycles. The zero-order valence-electron chi connectivity index (χ0n) is 9.24. The Hall–Kier alpha value is -2.43. The number of aromatic nitrogens is 4. The molecule has 5 nitrogen and oxygen atoms in total. The van der Waals surface area contributed by atoms with Crippen molar-refractivity contribution in [1.29, 1.82) is 0 Å². The third-order valence-corrected chi connectivity index (χ3v) is 2.41. The van der Waals surface area contributed by atoms with Gasteiger partial charge in [-0.2, -0.15) is 5.10 Å². The van der Waals surface area contributed by atoms with Crippen LogP contribution in [0.3, 0.4) is 0 Å². The normalized spacial score (nSPS) is 10.6. The molecule has 0 bridgehead atoms. The van der Waals surface area contributed by atoms with Crippen LogP contribution in [0.1, 0.15) is 5.69 Å². The van der Waals surface area contributed by atoms with Gasteiger partial charge in [0.25, 0.3) is 0 Å². The van der Waals surface area contributed by atoms with Crippen molar-refractivity contribution in [3.8, 4) is 17.0 Å². The lowest BCUT2D eigenvalue weighted by molar-refractivity contribution is 0.427. The van der Waals surface area contributed by atoms with Crippen LogP contribution >= 0.6 is 0 Å². The largest absolute Gasteiger partial charge is 0.356 e. The van der Waals surface area contributed by atoms with E-state index in [1.807, 2.05) is 31.3 Å². The van der Waals surface area contributed by atoms with Crippen LogP contribution in [-0.2, 0) is 0 Å². The van der Waals surface area contributed by atoms with Crippen molar-refractivity contribution in [3.63, 3.8) is 0 Å². The summed E-state index contributed by atoms with van der Waals surface area (Å²) < 4.78 is 6.93. The van der Waals surface area contributed by atoms with E-state index in [2.05, 4.69) is 15.2 Å². The average Bonchev–Trinajstić information content (AvgIpc) is 2.98. The minimum absolute atomic E-state index is 0.720. The fraction of sp³-hybridized carbons (Fsp3) is 0.0833. The van der Waals surface area contributed by atoms with Crippen molar-refractivity contribution in [2.45, 2.75) is 6.92 Å². The summed E-state index contributed by atoms with van der Waals surface area (Å²) in [4.78, 5) is 4.05. The van der Waals surface area contributed by atoms with Gasteiger partial charge in [-0.05, 0) is 19.1 Å². The molecule has 0 saturated heterocycles. The first-order valence-corrected chi connectivity index (χ1v) is 5.22. The van der Waals surface area contributed by atoms with Crippen molar-refractivity contribution in [3.05, 3.63) is 48.7 Å². The van der Waals surface area contributed by atoms with E-state index >= 15 is 0 Å². The molecule has 84 valence electrons. The maximum Gasteiger partial charge on any atom is 0.170 e. The van der Waals surface area contributed by atoms with Crippen molar-refractivity contribution >= 4 is 0 Å². The lowest BCUT2D eigenvalue weighted by Gasteiger charge is -1.97. The van der Waals surface area contributed by atoms with Gasteiger partial charge in [0.2, 0.25) is 0 Å². The summed E-state index contributed by atoms with van der Waals surface area (Å²) in [5.74, 6) is 0.720. The summed E-state index contributed by atoms with van der Waals surface area (Å²) in [6, 6.07) is 5.69. The Morgan fingerprint density at radius 1 is 1.29 bits per heavy atom. The van der Waals surface area contributed by atoms with Crippen LogP contribution in [-0.4, -0.2) is 19.9 Å². The van der Waals surface area contributed by atoms with Gasteiger partial charge in [-0.15, -0.1) is 0 Å². The topological polar surface area (TPSA) is 56.7 Å². The first kappa shape index (κ1) is 9.77. The summed E-state index contributed by atoms with van der Waals surface area (Å²) in [5.41, 5.74) is 2.67. The minimum atomic E-state index is 0.720. The lowest BCUT2D eigenvalue weighted by atomic mass is 10.2. The summed E-state index contributed by atoms with van der Waals surface area (Å²) in [6.45, 7) is 1.89. The molecular weight excluding hydrogens is 216 g/mol. The third kappa shape index (κ3) is 1.82. The molecule has 0 aliphatic heterocycles. The highest BCUT2D eigenvalue weighted by atomic mass is 16.5. The van der Waals surface area contributed by atoms with E-state index in [0.717, 1.165) is 22.7 Å². The maximum atomic E-state index is 5.18. The standard InChI is InChI=1S/C12H10N4O/c1-9-5-12(17-15-9)10-6-14-16(8-10)11-3-2-4-13-7-11/h2-8H,1H3. The van der Waals surface area contributed by atoms with Crippen LogP contribution in [0.15, 0.2) is 47.5 Å². The predicted octanol–water partition coefficient (Wildman–Crippen LogP) is 2.23. The number of nitrogens with zero attached hydrogens (tertiary/aromatic N) is 4. The van der Waals surface area contributed by atoms with Crippen LogP contribution in [0.5, 0.6) is 0 Å². The fourth-order valence-electron chi connectivity index (χ4n) is 1.58. The highest BCUT2D eigenvalue weighted by molar-refractivity contribution is 5.55. The van der Waals surface area contributed by atoms with Crippen LogP contribution in [0.4, 0.5) is 0 Å². The maximum absolute atomic E-state index is 5.18. The van der Waals surface area contributed by atoms with Gasteiger partial charge in [-0.3, -0.25) is 4.98 Å². The molecule has 0 amide bonds. The second-order valence-electron chi connectivity index (χ2n) is 3.72. The molecule has 5 heteroatoms. The molecule has 3 aromatic heterocycles. The Kier molecular flexibility index (Phi) is 2.22. The fourth-order valence-corrected chi connectivity index (χ4v) is 1.58. The second-order valence-corrected chi connectivity index (χ2v) is 3.72. The smallest absolute Gasteiger partial charge is 0.170 e. The zero-order valence-corrected chi connectivity index (χ0v) is 9.24. The monoisotopic (exact) mass is 226 g/mol. The summed E-state index contributed by atoms with van der Waals surface area (Å²) in [6.07, 6.45) is 7.11. The molecule has 0 aromatic carbocycles. The van der Waals surface area contributed by atoms with Gasteiger partial charge < -0.3 is 4.52 Å². The van der Waals surface area contributed by atoms with Crippen LogP contribution < -0.4 is 0 Å². The van der Waals surface area contributed by atoms with E-state index in [1.54, 1.807) is 23.3 Å². The second kappa shape index (κ2) is 3.86. The molecule has 0 saturated carbocycles. The van der Waals surface area contributed by atoms with E-state index in [4.69, 9.17) is 4.52 Å². The van der Waals surface area contributed by atoms with E-state index in [1.165, 1.54) is 0 Å². The Morgan fingerprint density at radius 3 is 2.94 bits per heavy atom. The number of pyridine rings is 1. The van der Waals surface area contributed by atoms with E-state index < -0.39 is 0 Å². The van der Waals surface area contributed by atoms with Gasteiger partial charge in [0.1, 0.15) is 0 Å². The molecule has 0 N–H and O–H groups in total. The molecule has 0 aliphatic rings. The Balaban J connectivity index is 1.99. The van der Waals surface area contributed by atoms with Crippen molar-refractivity contribution in [2.75, 3.05) is 0 Å². The molecule has 0 radical (unpaired) electrons. The van der Waals surface area contributed by atoms with Gasteiger partial charge in [0.15, 0.2) is 5.76 Å². The third-order valence-electron chi connectivity index (χ3n) is 2.41. The summed E-state index contributed by atoms with van der Waals surface area (Å²) in [5, 5.41) is 8.11. The molecule has 3 rings (SSSR count). The van der Waals surface area contributed by atoms with Gasteiger partial charge in [-0.1, -0.05) is 5.16 Å². The number of hydrogen-bond donors (Lipinski definition) is 0. The Bertz CT molecular complexity index is 627. The number of rotatable bonds is 2. The molecule has 0 atom stereocenters. The van der Waals surface area contributed by atoms with Crippen LogP contribution in [0.2, 0.25) is 0 Å². The zero-order chi connectivity index (χ0) is 11.7. The molecule has 0 fully saturated rings. The highest BCUT2D eigenvalue weighted by Crippen LogP contribution is 2.20. The first-order chi connectivity index (χ1) is 8.33. The minimum Gasteiger partial charge on any atom is -0.356 e. The van der Waals surface area contributed by atoms with Gasteiger partial charge in [-0.25, -0.2) is 4.68 Å². The SMILES string of the molecule is Cc1cc(-c2cnn(-c3cccnc3)c2)on1. The summed E-state index contributed by atoms with van der Waals surface area (Å²) >= 11 is 0. The first-order valence-electron chi connectivity index (χ1n) is 5.22. The molecule has 0 aliphatic carbocycles. The molecule has 0 spiro atoms. The van der Waals surface area contributed by atoms with E-state index in [0.29, 0.717) is 0 Å². The summed E-state index contributed by atoms with van der Waals surface area (Å²) in [7, 11) is 0. The average molecular weight is 226 g/mol. The Morgan fingerprint density at radius 2 is 2.24 bits per heavy atom. The van der Waals surface area contributed by atoms with Gasteiger partial charge in [0.05, 0.1) is 29.3 Å². The quantitative estimate of drug-likeness (QED) is 0.672. The predicted molar refractivity (Wildman–Crippen MR) is 61.6 cm³/mol. The van der Waals surface area contributed by atoms with Crippen molar-refractivity contribution in [2.24, 2.45) is 0 Å². The number of hydrogen-bond acceptors (Lipinski definition) is 4. The van der Waals surface area contributed by atoms with Gasteiger partial charge in [0, 0.05) is 18.5 Å². The van der Waals surface area contributed by atoms with E-state index in [-0.39, 0.29) is 0 Å².